The number of halogens is 4. The Hall–Kier alpha value is -1.03. The summed E-state index contributed by atoms with van der Waals surface area (Å²) in [6, 6.07) is 3.20. The number of carbonyl (C=O) groups excluding carboxylic acids is 1. The molecule has 0 fully saturated rings. The summed E-state index contributed by atoms with van der Waals surface area (Å²) in [5.74, 6) is -0.676. The van der Waals surface area contributed by atoms with E-state index in [1.807, 2.05) is 0 Å². The minimum atomic E-state index is -4.54. The summed E-state index contributed by atoms with van der Waals surface area (Å²) in [7, 11) is 0. The first-order chi connectivity index (χ1) is 7.23. The van der Waals surface area contributed by atoms with Crippen LogP contribution in [0.1, 0.15) is 29.8 Å². The number of hydrogen-bond acceptors (Lipinski definition) is 1. The minimum absolute atomic E-state index is 0.0340. The highest BCUT2D eigenvalue weighted by Gasteiger charge is 2.33. The normalized spacial score (nSPS) is 11.9. The van der Waals surface area contributed by atoms with E-state index in [0.717, 1.165) is 12.1 Å². The summed E-state index contributed by atoms with van der Waals surface area (Å²) in [6.45, 7) is 3.26. The number of hydrogen-bond donors (Lipinski definition) is 0. The molecule has 0 atom stereocenters. The van der Waals surface area contributed by atoms with Crippen molar-refractivity contribution < 1.29 is 18.0 Å². The topological polar surface area (TPSA) is 17.1 Å². The van der Waals surface area contributed by atoms with Crippen molar-refractivity contribution in [2.24, 2.45) is 5.92 Å². The number of ketones is 1. The summed E-state index contributed by atoms with van der Waals surface area (Å²) >= 11 is 5.43. The van der Waals surface area contributed by atoms with Gasteiger partial charge in [-0.3, -0.25) is 4.79 Å². The second-order valence-electron chi connectivity index (χ2n) is 3.71. The zero-order valence-electron chi connectivity index (χ0n) is 8.73. The molecule has 1 rings (SSSR count). The largest absolute Gasteiger partial charge is 0.417 e. The maximum Gasteiger partial charge on any atom is 0.417 e. The number of Topliss-reactive ketones (excluding diaryl/α,β-unsaturated/α-hetero) is 1. The first kappa shape index (κ1) is 13.0. The van der Waals surface area contributed by atoms with Crippen LogP contribution in [0.5, 0.6) is 0 Å². The molecule has 0 N–H and O–H groups in total. The van der Waals surface area contributed by atoms with Crippen LogP contribution in [-0.2, 0) is 6.18 Å². The SMILES string of the molecule is CC(C)C(=O)c1ccc(Cl)c(C(F)(F)F)c1. The van der Waals surface area contributed by atoms with Crippen LogP contribution in [0, 0.1) is 5.92 Å². The van der Waals surface area contributed by atoms with Gasteiger partial charge >= 0.3 is 6.18 Å². The number of alkyl halides is 3. The number of benzene rings is 1. The van der Waals surface area contributed by atoms with E-state index >= 15 is 0 Å². The Morgan fingerprint density at radius 1 is 1.31 bits per heavy atom. The minimum Gasteiger partial charge on any atom is -0.294 e. The second-order valence-corrected chi connectivity index (χ2v) is 4.12. The predicted octanol–water partition coefficient (Wildman–Crippen LogP) is 4.20. The van der Waals surface area contributed by atoms with E-state index in [0.29, 0.717) is 0 Å². The molecule has 88 valence electrons. The highest BCUT2D eigenvalue weighted by Crippen LogP contribution is 2.35. The van der Waals surface area contributed by atoms with Crippen molar-refractivity contribution in [2.75, 3.05) is 0 Å². The number of rotatable bonds is 2. The predicted molar refractivity (Wildman–Crippen MR) is 55.6 cm³/mol. The zero-order chi connectivity index (χ0) is 12.5. The fourth-order valence-corrected chi connectivity index (χ4v) is 1.45. The van der Waals surface area contributed by atoms with Crippen LogP contribution in [-0.4, -0.2) is 5.78 Å². The van der Waals surface area contributed by atoms with E-state index in [9.17, 15) is 18.0 Å². The van der Waals surface area contributed by atoms with Gasteiger partial charge in [0.15, 0.2) is 5.78 Å². The third-order valence-corrected chi connectivity index (χ3v) is 2.41. The van der Waals surface area contributed by atoms with Gasteiger partial charge in [-0.05, 0) is 18.2 Å². The molecule has 0 spiro atoms. The Labute approximate surface area is 96.2 Å². The summed E-state index contributed by atoms with van der Waals surface area (Å²) < 4.78 is 37.5. The Morgan fingerprint density at radius 3 is 2.31 bits per heavy atom. The van der Waals surface area contributed by atoms with E-state index in [-0.39, 0.29) is 17.3 Å². The van der Waals surface area contributed by atoms with Gasteiger partial charge in [-0.1, -0.05) is 25.4 Å². The molecule has 0 aliphatic carbocycles. The molecule has 0 aliphatic heterocycles. The Kier molecular flexibility index (Phi) is 3.63. The van der Waals surface area contributed by atoms with Gasteiger partial charge in [-0.15, -0.1) is 0 Å². The lowest BCUT2D eigenvalue weighted by Crippen LogP contribution is -2.11. The van der Waals surface area contributed by atoms with Gasteiger partial charge in [-0.25, -0.2) is 0 Å². The van der Waals surface area contributed by atoms with Crippen molar-refractivity contribution in [1.29, 1.82) is 0 Å². The van der Waals surface area contributed by atoms with Crippen LogP contribution in [0.25, 0.3) is 0 Å². The first-order valence-electron chi connectivity index (χ1n) is 4.64. The summed E-state index contributed by atoms with van der Waals surface area (Å²) in [5, 5.41) is -0.396. The maximum atomic E-state index is 12.5. The molecule has 0 aliphatic rings. The molecular weight excluding hydrogens is 241 g/mol. The highest BCUT2D eigenvalue weighted by molar-refractivity contribution is 6.31. The van der Waals surface area contributed by atoms with Gasteiger partial charge in [0.05, 0.1) is 10.6 Å². The quantitative estimate of drug-likeness (QED) is 0.719. The Balaban J connectivity index is 3.23. The molecule has 0 bridgehead atoms. The average Bonchev–Trinajstić information content (AvgIpc) is 2.15. The smallest absolute Gasteiger partial charge is 0.294 e. The summed E-state index contributed by atoms with van der Waals surface area (Å²) in [5.41, 5.74) is -0.938. The van der Waals surface area contributed by atoms with Crippen LogP contribution >= 0.6 is 11.6 Å². The molecule has 1 aromatic carbocycles. The fourth-order valence-electron chi connectivity index (χ4n) is 1.23. The van der Waals surface area contributed by atoms with Crippen molar-refractivity contribution in [3.8, 4) is 0 Å². The lowest BCUT2D eigenvalue weighted by molar-refractivity contribution is -0.137. The lowest BCUT2D eigenvalue weighted by Gasteiger charge is -2.11. The molecule has 0 saturated heterocycles. The van der Waals surface area contributed by atoms with E-state index in [1.165, 1.54) is 6.07 Å². The van der Waals surface area contributed by atoms with Crippen molar-refractivity contribution in [1.82, 2.24) is 0 Å². The summed E-state index contributed by atoms with van der Waals surface area (Å²) in [6.07, 6.45) is -4.54. The van der Waals surface area contributed by atoms with E-state index in [1.54, 1.807) is 13.8 Å². The van der Waals surface area contributed by atoms with Gasteiger partial charge < -0.3 is 0 Å². The third kappa shape index (κ3) is 2.76. The Bertz CT molecular complexity index is 410. The molecule has 1 aromatic rings. The lowest BCUT2D eigenvalue weighted by atomic mass is 9.99. The van der Waals surface area contributed by atoms with Gasteiger partial charge in [0.1, 0.15) is 0 Å². The van der Waals surface area contributed by atoms with Crippen molar-refractivity contribution in [3.63, 3.8) is 0 Å². The van der Waals surface area contributed by atoms with E-state index < -0.39 is 16.8 Å². The standard InChI is InChI=1S/C11H10ClF3O/c1-6(2)10(16)7-3-4-9(12)8(5-7)11(13,14)15/h3-6H,1-2H3. The maximum absolute atomic E-state index is 12.5. The van der Waals surface area contributed by atoms with E-state index in [4.69, 9.17) is 11.6 Å². The molecule has 5 heteroatoms. The molecule has 0 unspecified atom stereocenters. The first-order valence-corrected chi connectivity index (χ1v) is 5.02. The molecular formula is C11H10ClF3O. The van der Waals surface area contributed by atoms with Crippen molar-refractivity contribution in [3.05, 3.63) is 34.3 Å². The van der Waals surface area contributed by atoms with Crippen LogP contribution < -0.4 is 0 Å². The van der Waals surface area contributed by atoms with Crippen molar-refractivity contribution in [2.45, 2.75) is 20.0 Å². The molecule has 1 nitrogen and oxygen atoms in total. The monoisotopic (exact) mass is 250 g/mol. The third-order valence-electron chi connectivity index (χ3n) is 2.08. The van der Waals surface area contributed by atoms with Crippen LogP contribution in [0.15, 0.2) is 18.2 Å². The van der Waals surface area contributed by atoms with E-state index in [2.05, 4.69) is 0 Å². The van der Waals surface area contributed by atoms with Crippen molar-refractivity contribution >= 4 is 17.4 Å². The highest BCUT2D eigenvalue weighted by atomic mass is 35.5. The fraction of sp³-hybridized carbons (Fsp3) is 0.364. The van der Waals surface area contributed by atoms with Crippen LogP contribution in [0.4, 0.5) is 13.2 Å². The molecule has 0 radical (unpaired) electrons. The summed E-state index contributed by atoms with van der Waals surface area (Å²) in [4.78, 5) is 11.5. The van der Waals surface area contributed by atoms with Gasteiger partial charge in [-0.2, -0.15) is 13.2 Å². The van der Waals surface area contributed by atoms with Crippen LogP contribution in [0.3, 0.4) is 0 Å². The molecule has 0 amide bonds. The average molecular weight is 251 g/mol. The Morgan fingerprint density at radius 2 is 1.88 bits per heavy atom. The second kappa shape index (κ2) is 4.45. The van der Waals surface area contributed by atoms with Gasteiger partial charge in [0.2, 0.25) is 0 Å². The molecule has 0 heterocycles. The molecule has 0 aromatic heterocycles. The van der Waals surface area contributed by atoms with Gasteiger partial charge in [0, 0.05) is 11.5 Å². The number of carbonyl (C=O) groups is 1. The van der Waals surface area contributed by atoms with Gasteiger partial charge in [0.25, 0.3) is 0 Å². The molecule has 0 saturated carbocycles. The molecule has 16 heavy (non-hydrogen) atoms. The van der Waals surface area contributed by atoms with Crippen LogP contribution in [0.2, 0.25) is 5.02 Å². The zero-order valence-corrected chi connectivity index (χ0v) is 9.49.